The summed E-state index contributed by atoms with van der Waals surface area (Å²) in [6, 6.07) is 16.2. The number of nitrogens with one attached hydrogen (secondary N) is 2. The SMILES string of the molecule is O=C(NC(Cc1ccccc1)C(=O)NC1CC1)c1csc(COc2ccc(Cl)cc2)n1. The van der Waals surface area contributed by atoms with Gasteiger partial charge in [-0.15, -0.1) is 11.3 Å². The Kier molecular flexibility index (Phi) is 6.84. The molecule has 1 aromatic heterocycles. The fourth-order valence-electron chi connectivity index (χ4n) is 2.98. The van der Waals surface area contributed by atoms with E-state index in [0.717, 1.165) is 18.4 Å². The van der Waals surface area contributed by atoms with Crippen LogP contribution in [0.25, 0.3) is 0 Å². The minimum Gasteiger partial charge on any atom is -0.486 e. The van der Waals surface area contributed by atoms with Gasteiger partial charge in [0.15, 0.2) is 0 Å². The lowest BCUT2D eigenvalue weighted by Crippen LogP contribution is -2.48. The van der Waals surface area contributed by atoms with Crippen molar-refractivity contribution in [2.75, 3.05) is 0 Å². The highest BCUT2D eigenvalue weighted by atomic mass is 35.5. The van der Waals surface area contributed by atoms with Crippen LogP contribution in [0.1, 0.15) is 33.9 Å². The van der Waals surface area contributed by atoms with E-state index in [-0.39, 0.29) is 30.2 Å². The van der Waals surface area contributed by atoms with Crippen molar-refractivity contribution < 1.29 is 14.3 Å². The molecule has 1 heterocycles. The second-order valence-electron chi connectivity index (χ2n) is 7.37. The van der Waals surface area contributed by atoms with E-state index >= 15 is 0 Å². The van der Waals surface area contributed by atoms with Gasteiger partial charge < -0.3 is 15.4 Å². The largest absolute Gasteiger partial charge is 0.486 e. The van der Waals surface area contributed by atoms with E-state index in [1.165, 1.54) is 11.3 Å². The number of thiazole rings is 1. The standard InChI is InChI=1S/C23H22ClN3O3S/c24-16-6-10-18(11-7-16)30-13-21-26-20(14-31-21)23(29)27-19(22(28)25-17-8-9-17)12-15-4-2-1-3-5-15/h1-7,10-11,14,17,19H,8-9,12-13H2,(H,25,28)(H,27,29). The number of ether oxygens (including phenoxy) is 1. The molecule has 1 unspecified atom stereocenters. The molecule has 1 aliphatic carbocycles. The number of rotatable bonds is 9. The van der Waals surface area contributed by atoms with Gasteiger partial charge in [-0.2, -0.15) is 0 Å². The van der Waals surface area contributed by atoms with Crippen LogP contribution in [0.3, 0.4) is 0 Å². The number of hydrogen-bond donors (Lipinski definition) is 2. The van der Waals surface area contributed by atoms with E-state index in [1.54, 1.807) is 29.6 Å². The Labute approximate surface area is 189 Å². The number of amides is 2. The van der Waals surface area contributed by atoms with Crippen LogP contribution in [0.2, 0.25) is 5.02 Å². The molecule has 4 rings (SSSR count). The molecule has 0 spiro atoms. The van der Waals surface area contributed by atoms with Crippen molar-refractivity contribution in [1.29, 1.82) is 0 Å². The summed E-state index contributed by atoms with van der Waals surface area (Å²) in [5.74, 6) is 0.132. The molecular weight excluding hydrogens is 434 g/mol. The molecule has 6 nitrogen and oxygen atoms in total. The molecule has 2 aromatic carbocycles. The Hall–Kier alpha value is -2.90. The summed E-state index contributed by atoms with van der Waals surface area (Å²) in [4.78, 5) is 29.8. The predicted molar refractivity (Wildman–Crippen MR) is 120 cm³/mol. The second-order valence-corrected chi connectivity index (χ2v) is 8.75. The molecule has 1 aliphatic rings. The van der Waals surface area contributed by atoms with Gasteiger partial charge in [0.2, 0.25) is 5.91 Å². The van der Waals surface area contributed by atoms with E-state index in [0.29, 0.717) is 22.2 Å². The number of hydrogen-bond acceptors (Lipinski definition) is 5. The summed E-state index contributed by atoms with van der Waals surface area (Å²) in [5.41, 5.74) is 1.26. The molecule has 0 radical (unpaired) electrons. The maximum absolute atomic E-state index is 12.8. The zero-order valence-electron chi connectivity index (χ0n) is 16.7. The minimum atomic E-state index is -0.661. The van der Waals surface area contributed by atoms with Crippen LogP contribution in [0.4, 0.5) is 0 Å². The van der Waals surface area contributed by atoms with Gasteiger partial charge in [0.25, 0.3) is 5.91 Å². The third-order valence-electron chi connectivity index (χ3n) is 4.79. The smallest absolute Gasteiger partial charge is 0.271 e. The lowest BCUT2D eigenvalue weighted by molar-refractivity contribution is -0.123. The molecule has 2 amide bonds. The van der Waals surface area contributed by atoms with Crippen molar-refractivity contribution in [2.24, 2.45) is 0 Å². The van der Waals surface area contributed by atoms with Gasteiger partial charge in [-0.3, -0.25) is 9.59 Å². The molecule has 1 saturated carbocycles. The molecule has 0 saturated heterocycles. The van der Waals surface area contributed by atoms with Gasteiger partial charge in [0, 0.05) is 22.9 Å². The normalized spacial score (nSPS) is 14.0. The molecular formula is C23H22ClN3O3S. The summed E-state index contributed by atoms with van der Waals surface area (Å²) in [5, 5.41) is 8.80. The third-order valence-corrected chi connectivity index (χ3v) is 5.86. The van der Waals surface area contributed by atoms with Crippen LogP contribution in [0, 0.1) is 0 Å². The Bertz CT molecular complexity index is 1040. The molecule has 2 N–H and O–H groups in total. The fraction of sp³-hybridized carbons (Fsp3) is 0.261. The highest BCUT2D eigenvalue weighted by Crippen LogP contribution is 2.20. The number of carbonyl (C=O) groups excluding carboxylic acids is 2. The Morgan fingerprint density at radius 1 is 1.13 bits per heavy atom. The van der Waals surface area contributed by atoms with Crippen LogP contribution in [-0.4, -0.2) is 28.9 Å². The average molecular weight is 456 g/mol. The molecule has 160 valence electrons. The van der Waals surface area contributed by atoms with Crippen molar-refractivity contribution in [2.45, 2.75) is 38.0 Å². The number of aromatic nitrogens is 1. The first-order valence-corrected chi connectivity index (χ1v) is 11.3. The molecule has 3 aromatic rings. The van der Waals surface area contributed by atoms with E-state index in [4.69, 9.17) is 16.3 Å². The fourth-order valence-corrected chi connectivity index (χ4v) is 3.79. The van der Waals surface area contributed by atoms with Crippen molar-refractivity contribution in [3.05, 3.63) is 81.3 Å². The van der Waals surface area contributed by atoms with E-state index < -0.39 is 6.04 Å². The van der Waals surface area contributed by atoms with Gasteiger partial charge in [0.05, 0.1) is 0 Å². The first kappa shape index (κ1) is 21.3. The topological polar surface area (TPSA) is 80.3 Å². The summed E-state index contributed by atoms with van der Waals surface area (Å²) in [6.07, 6.45) is 2.39. The second kappa shape index (κ2) is 9.94. The number of halogens is 1. The lowest BCUT2D eigenvalue weighted by Gasteiger charge is -2.18. The van der Waals surface area contributed by atoms with Crippen molar-refractivity contribution in [3.8, 4) is 5.75 Å². The van der Waals surface area contributed by atoms with Gasteiger partial charge in [-0.05, 0) is 42.7 Å². The highest BCUT2D eigenvalue weighted by molar-refractivity contribution is 7.09. The number of nitrogens with zero attached hydrogens (tertiary/aromatic N) is 1. The maximum atomic E-state index is 12.8. The summed E-state index contributed by atoms with van der Waals surface area (Å²) in [7, 11) is 0. The first-order valence-electron chi connectivity index (χ1n) is 10.0. The molecule has 31 heavy (non-hydrogen) atoms. The zero-order valence-corrected chi connectivity index (χ0v) is 18.3. The van der Waals surface area contributed by atoms with Crippen LogP contribution in [0.5, 0.6) is 5.75 Å². The van der Waals surface area contributed by atoms with Crippen molar-refractivity contribution in [1.82, 2.24) is 15.6 Å². The predicted octanol–water partition coefficient (Wildman–Crippen LogP) is 4.00. The molecule has 1 atom stereocenters. The Balaban J connectivity index is 1.38. The number of benzene rings is 2. The van der Waals surface area contributed by atoms with Gasteiger partial charge in [-0.1, -0.05) is 41.9 Å². The summed E-state index contributed by atoms with van der Waals surface area (Å²) >= 11 is 7.21. The Morgan fingerprint density at radius 2 is 1.87 bits per heavy atom. The van der Waals surface area contributed by atoms with Crippen molar-refractivity contribution in [3.63, 3.8) is 0 Å². The van der Waals surface area contributed by atoms with E-state index in [1.807, 2.05) is 30.3 Å². The van der Waals surface area contributed by atoms with Crippen LogP contribution in [0.15, 0.2) is 60.0 Å². The van der Waals surface area contributed by atoms with Crippen LogP contribution in [-0.2, 0) is 17.8 Å². The molecule has 0 bridgehead atoms. The minimum absolute atomic E-state index is 0.166. The highest BCUT2D eigenvalue weighted by Gasteiger charge is 2.29. The summed E-state index contributed by atoms with van der Waals surface area (Å²) < 4.78 is 5.68. The average Bonchev–Trinajstić information content (AvgIpc) is 3.46. The maximum Gasteiger partial charge on any atom is 0.271 e. The summed E-state index contributed by atoms with van der Waals surface area (Å²) in [6.45, 7) is 0.245. The monoisotopic (exact) mass is 455 g/mol. The molecule has 0 aliphatic heterocycles. The number of carbonyl (C=O) groups is 2. The van der Waals surface area contributed by atoms with E-state index in [2.05, 4.69) is 15.6 Å². The third kappa shape index (κ3) is 6.29. The quantitative estimate of drug-likeness (QED) is 0.511. The van der Waals surface area contributed by atoms with E-state index in [9.17, 15) is 9.59 Å². The van der Waals surface area contributed by atoms with Gasteiger partial charge in [-0.25, -0.2) is 4.98 Å². The Morgan fingerprint density at radius 3 is 2.58 bits per heavy atom. The van der Waals surface area contributed by atoms with Gasteiger partial charge >= 0.3 is 0 Å². The lowest BCUT2D eigenvalue weighted by atomic mass is 10.0. The van der Waals surface area contributed by atoms with Crippen LogP contribution >= 0.6 is 22.9 Å². The molecule has 8 heteroatoms. The van der Waals surface area contributed by atoms with Crippen LogP contribution < -0.4 is 15.4 Å². The zero-order chi connectivity index (χ0) is 21.6. The van der Waals surface area contributed by atoms with Gasteiger partial charge in [0.1, 0.15) is 29.1 Å². The van der Waals surface area contributed by atoms with Crippen molar-refractivity contribution >= 4 is 34.8 Å². The first-order chi connectivity index (χ1) is 15.1. The molecule has 1 fully saturated rings.